The summed E-state index contributed by atoms with van der Waals surface area (Å²) in [5.74, 6) is 0.899. The first-order valence-electron chi connectivity index (χ1n) is 10.2. The van der Waals surface area contributed by atoms with Crippen LogP contribution in [0.4, 0.5) is 0 Å². The molecule has 4 nitrogen and oxygen atoms in total. The van der Waals surface area contributed by atoms with Gasteiger partial charge in [0, 0.05) is 35.4 Å². The monoisotopic (exact) mass is 383 g/mol. The first-order chi connectivity index (χ1) is 14.2. The molecule has 4 heterocycles. The summed E-state index contributed by atoms with van der Waals surface area (Å²) in [7, 11) is 0. The molecule has 1 atom stereocenters. The van der Waals surface area contributed by atoms with Crippen molar-refractivity contribution in [3.63, 3.8) is 0 Å². The van der Waals surface area contributed by atoms with Gasteiger partial charge in [-0.3, -0.25) is 9.88 Å². The van der Waals surface area contributed by atoms with Crippen molar-refractivity contribution < 1.29 is 4.42 Å². The lowest BCUT2D eigenvalue weighted by Gasteiger charge is -2.35. The number of hydrogen-bond acceptors (Lipinski definition) is 3. The van der Waals surface area contributed by atoms with Gasteiger partial charge in [-0.05, 0) is 62.2 Å². The van der Waals surface area contributed by atoms with E-state index < -0.39 is 0 Å². The van der Waals surface area contributed by atoms with Gasteiger partial charge >= 0.3 is 0 Å². The van der Waals surface area contributed by atoms with E-state index in [0.717, 1.165) is 36.7 Å². The first kappa shape index (κ1) is 18.0. The number of pyridine rings is 1. The van der Waals surface area contributed by atoms with Gasteiger partial charge < -0.3 is 9.40 Å². The highest BCUT2D eigenvalue weighted by atomic mass is 16.3. The summed E-state index contributed by atoms with van der Waals surface area (Å²) >= 11 is 0. The Hall–Kier alpha value is -3.11. The highest BCUT2D eigenvalue weighted by Gasteiger charge is 2.32. The van der Waals surface area contributed by atoms with E-state index in [1.54, 1.807) is 6.26 Å². The molecule has 4 heteroatoms. The van der Waals surface area contributed by atoms with Gasteiger partial charge in [-0.15, -0.1) is 0 Å². The third-order valence-corrected chi connectivity index (χ3v) is 5.71. The minimum atomic E-state index is 0.117. The Morgan fingerprint density at radius 2 is 2.07 bits per heavy atom. The van der Waals surface area contributed by atoms with E-state index in [2.05, 4.69) is 72.3 Å². The van der Waals surface area contributed by atoms with Crippen LogP contribution < -0.4 is 0 Å². The molecule has 0 aliphatic carbocycles. The quantitative estimate of drug-likeness (QED) is 0.505. The van der Waals surface area contributed by atoms with Crippen molar-refractivity contribution >= 4 is 17.0 Å². The van der Waals surface area contributed by atoms with Crippen LogP contribution >= 0.6 is 0 Å². The number of nitrogens with one attached hydrogen (secondary N) is 1. The van der Waals surface area contributed by atoms with Gasteiger partial charge in [0.2, 0.25) is 0 Å². The number of nitrogens with zero attached hydrogens (tertiary/aromatic N) is 2. The van der Waals surface area contributed by atoms with Gasteiger partial charge in [0.05, 0.1) is 18.0 Å². The molecule has 146 valence electrons. The molecule has 1 N–H and O–H groups in total. The number of furan rings is 1. The second kappa shape index (κ2) is 7.37. The largest absolute Gasteiger partial charge is 0.465 e. The van der Waals surface area contributed by atoms with Crippen LogP contribution in [0.3, 0.4) is 0 Å². The van der Waals surface area contributed by atoms with Crippen LogP contribution in [0.15, 0.2) is 70.9 Å². The molecule has 0 spiro atoms. The fourth-order valence-corrected chi connectivity index (χ4v) is 4.49. The molecular formula is C25H25N3O. The van der Waals surface area contributed by atoms with E-state index in [1.165, 1.54) is 27.7 Å². The maximum Gasteiger partial charge on any atom is 0.126 e. The fourth-order valence-electron chi connectivity index (χ4n) is 4.49. The molecule has 0 radical (unpaired) electrons. The van der Waals surface area contributed by atoms with E-state index in [1.807, 2.05) is 12.1 Å². The van der Waals surface area contributed by atoms with Crippen molar-refractivity contribution in [2.45, 2.75) is 26.3 Å². The minimum Gasteiger partial charge on any atom is -0.465 e. The summed E-state index contributed by atoms with van der Waals surface area (Å²) < 4.78 is 5.50. The smallest absolute Gasteiger partial charge is 0.126 e. The van der Waals surface area contributed by atoms with Crippen LogP contribution in [0, 0.1) is 6.92 Å². The molecule has 0 saturated carbocycles. The number of aromatic amines is 1. The summed E-state index contributed by atoms with van der Waals surface area (Å²) in [4.78, 5) is 11.1. The van der Waals surface area contributed by atoms with E-state index in [0.29, 0.717) is 0 Å². The lowest BCUT2D eigenvalue weighted by Crippen LogP contribution is -2.37. The maximum absolute atomic E-state index is 5.50. The summed E-state index contributed by atoms with van der Waals surface area (Å²) in [6.07, 6.45) is 4.88. The molecule has 4 aromatic rings. The van der Waals surface area contributed by atoms with Gasteiger partial charge in [0.15, 0.2) is 0 Å². The van der Waals surface area contributed by atoms with Crippen LogP contribution in [-0.4, -0.2) is 28.0 Å². The van der Waals surface area contributed by atoms with Crippen LogP contribution in [-0.2, 0) is 6.42 Å². The summed E-state index contributed by atoms with van der Waals surface area (Å²) in [6, 6.07) is 19.0. The highest BCUT2D eigenvalue weighted by Crippen LogP contribution is 2.38. The van der Waals surface area contributed by atoms with Gasteiger partial charge in [-0.25, -0.2) is 0 Å². The Balaban J connectivity index is 1.57. The average Bonchev–Trinajstić information content (AvgIpc) is 3.35. The number of aromatic nitrogens is 2. The lowest BCUT2D eigenvalue weighted by atomic mass is 9.94. The van der Waals surface area contributed by atoms with Crippen molar-refractivity contribution in [1.82, 2.24) is 14.9 Å². The van der Waals surface area contributed by atoms with Crippen LogP contribution in [0.1, 0.15) is 41.4 Å². The average molecular weight is 383 g/mol. The molecule has 1 unspecified atom stereocenters. The summed E-state index contributed by atoms with van der Waals surface area (Å²) in [5.41, 5.74) is 7.34. The zero-order valence-electron chi connectivity index (χ0n) is 16.9. The van der Waals surface area contributed by atoms with Crippen molar-refractivity contribution in [3.05, 3.63) is 94.8 Å². The second-order valence-electron chi connectivity index (χ2n) is 7.90. The molecule has 1 aliphatic heterocycles. The van der Waals surface area contributed by atoms with E-state index >= 15 is 0 Å². The molecule has 0 bridgehead atoms. The Labute approximate surface area is 170 Å². The number of hydrogen-bond donors (Lipinski definition) is 1. The van der Waals surface area contributed by atoms with E-state index in [9.17, 15) is 0 Å². The molecule has 0 amide bonds. The van der Waals surface area contributed by atoms with E-state index in [-0.39, 0.29) is 6.04 Å². The zero-order valence-corrected chi connectivity index (χ0v) is 16.9. The van der Waals surface area contributed by atoms with Gasteiger partial charge in [-0.1, -0.05) is 29.8 Å². The fraction of sp³-hybridized carbons (Fsp3) is 0.240. The van der Waals surface area contributed by atoms with Gasteiger partial charge in [-0.2, -0.15) is 0 Å². The maximum atomic E-state index is 5.50. The predicted octanol–water partition coefficient (Wildman–Crippen LogP) is 5.52. The van der Waals surface area contributed by atoms with Crippen LogP contribution in [0.25, 0.3) is 17.0 Å². The highest BCUT2D eigenvalue weighted by molar-refractivity contribution is 5.85. The van der Waals surface area contributed by atoms with Crippen molar-refractivity contribution in [2.24, 2.45) is 0 Å². The number of H-pyrrole nitrogens is 1. The molecule has 5 rings (SSSR count). The normalized spacial score (nSPS) is 17.6. The Morgan fingerprint density at radius 3 is 2.90 bits per heavy atom. The van der Waals surface area contributed by atoms with Crippen molar-refractivity contribution in [1.29, 1.82) is 0 Å². The molecule has 1 aromatic carbocycles. The number of aryl methyl sites for hydroxylation is 1. The Kier molecular flexibility index (Phi) is 4.57. The number of fused-ring (bicyclic) bond motifs is 3. The standard InChI is InChI=1S/C25H25N3O/c1-17(15-19-8-6-14-29-19)16-28-13-12-21-20-9-3-4-10-22(20)27-24(21)25(28)23-11-5-7-18(2)26-23/h3-11,14-15,25,27H,12-13,16H2,1-2H3/b17-15+. The molecule has 3 aromatic heterocycles. The third-order valence-electron chi connectivity index (χ3n) is 5.71. The summed E-state index contributed by atoms with van der Waals surface area (Å²) in [6.45, 7) is 6.10. The minimum absolute atomic E-state index is 0.117. The zero-order chi connectivity index (χ0) is 19.8. The summed E-state index contributed by atoms with van der Waals surface area (Å²) in [5, 5.41) is 1.34. The molecule has 1 aliphatic rings. The number of para-hydroxylation sites is 1. The van der Waals surface area contributed by atoms with Crippen molar-refractivity contribution in [2.75, 3.05) is 13.1 Å². The third kappa shape index (κ3) is 3.40. The predicted molar refractivity (Wildman–Crippen MR) is 117 cm³/mol. The molecule has 0 saturated heterocycles. The van der Waals surface area contributed by atoms with E-state index in [4.69, 9.17) is 9.40 Å². The van der Waals surface area contributed by atoms with Crippen LogP contribution in [0.2, 0.25) is 0 Å². The SMILES string of the molecule is C/C(=C\c1ccco1)CN1CCc2c([nH]c3ccccc23)C1c1cccc(C)n1. The Bertz CT molecular complexity index is 1170. The second-order valence-corrected chi connectivity index (χ2v) is 7.90. The first-order valence-corrected chi connectivity index (χ1v) is 10.2. The van der Waals surface area contributed by atoms with Crippen LogP contribution in [0.5, 0.6) is 0 Å². The van der Waals surface area contributed by atoms with Gasteiger partial charge in [0.25, 0.3) is 0 Å². The molecular weight excluding hydrogens is 358 g/mol. The Morgan fingerprint density at radius 1 is 1.17 bits per heavy atom. The molecule has 0 fully saturated rings. The van der Waals surface area contributed by atoms with Crippen molar-refractivity contribution in [3.8, 4) is 0 Å². The van der Waals surface area contributed by atoms with Gasteiger partial charge in [0.1, 0.15) is 5.76 Å². The number of rotatable bonds is 4. The lowest BCUT2D eigenvalue weighted by molar-refractivity contribution is 0.225. The topological polar surface area (TPSA) is 45.1 Å². The number of benzene rings is 1. The molecule has 29 heavy (non-hydrogen) atoms.